The largest absolute Gasteiger partial charge is 0.485 e. The van der Waals surface area contributed by atoms with E-state index >= 15 is 0 Å². The number of amides is 2. The number of carbonyl (C=O) groups excluding carboxylic acids is 2. The molecule has 0 saturated carbocycles. The highest BCUT2D eigenvalue weighted by Gasteiger charge is 2.33. The summed E-state index contributed by atoms with van der Waals surface area (Å²) in [6.45, 7) is 1.71. The van der Waals surface area contributed by atoms with E-state index in [1.165, 1.54) is 5.56 Å². The number of nitrogens with zero attached hydrogens (tertiary/aromatic N) is 1. The standard InChI is InChI=1S/C22H24N2O4/c23-21(25)17-7-5-15(6-8-17)13-16-9-11-24(12-10-16)22(26)20-14-27-18-3-1-2-4-19(18)28-20/h1-8,16,20H,9-14H2,(H2,23,25). The summed E-state index contributed by atoms with van der Waals surface area (Å²) in [5.41, 5.74) is 7.00. The molecule has 1 fully saturated rings. The summed E-state index contributed by atoms with van der Waals surface area (Å²) in [7, 11) is 0. The van der Waals surface area contributed by atoms with Crippen molar-refractivity contribution in [3.63, 3.8) is 0 Å². The van der Waals surface area contributed by atoms with Crippen molar-refractivity contribution in [3.05, 3.63) is 59.7 Å². The lowest BCUT2D eigenvalue weighted by molar-refractivity contribution is -0.142. The summed E-state index contributed by atoms with van der Waals surface area (Å²) in [6.07, 6.45) is 2.27. The number of rotatable bonds is 4. The van der Waals surface area contributed by atoms with E-state index in [1.54, 1.807) is 12.1 Å². The van der Waals surface area contributed by atoms with Crippen LogP contribution >= 0.6 is 0 Å². The molecule has 2 aromatic carbocycles. The average molecular weight is 380 g/mol. The highest BCUT2D eigenvalue weighted by Crippen LogP contribution is 2.32. The van der Waals surface area contributed by atoms with Crippen molar-refractivity contribution in [2.24, 2.45) is 11.7 Å². The number of nitrogens with two attached hydrogens (primary N) is 1. The predicted octanol–water partition coefficient (Wildman–Crippen LogP) is 2.41. The van der Waals surface area contributed by atoms with E-state index in [-0.39, 0.29) is 12.5 Å². The minimum Gasteiger partial charge on any atom is -0.485 e. The topological polar surface area (TPSA) is 81.9 Å². The zero-order valence-corrected chi connectivity index (χ0v) is 15.7. The van der Waals surface area contributed by atoms with Crippen LogP contribution in [0.1, 0.15) is 28.8 Å². The van der Waals surface area contributed by atoms with E-state index in [9.17, 15) is 9.59 Å². The van der Waals surface area contributed by atoms with Crippen molar-refractivity contribution >= 4 is 11.8 Å². The molecule has 1 unspecified atom stereocenters. The summed E-state index contributed by atoms with van der Waals surface area (Å²) < 4.78 is 11.5. The lowest BCUT2D eigenvalue weighted by atomic mass is 9.89. The molecule has 1 saturated heterocycles. The van der Waals surface area contributed by atoms with Crippen LogP contribution in [0.15, 0.2) is 48.5 Å². The van der Waals surface area contributed by atoms with Gasteiger partial charge < -0.3 is 20.1 Å². The first-order chi connectivity index (χ1) is 13.6. The predicted molar refractivity (Wildman–Crippen MR) is 104 cm³/mol. The van der Waals surface area contributed by atoms with Crippen LogP contribution in [-0.2, 0) is 11.2 Å². The highest BCUT2D eigenvalue weighted by atomic mass is 16.6. The molecule has 2 amide bonds. The fourth-order valence-corrected chi connectivity index (χ4v) is 3.84. The number of piperidine rings is 1. The Kier molecular flexibility index (Phi) is 5.19. The number of likely N-dealkylation sites (tertiary alicyclic amines) is 1. The van der Waals surface area contributed by atoms with Crippen LogP contribution in [0.4, 0.5) is 0 Å². The fourth-order valence-electron chi connectivity index (χ4n) is 3.84. The average Bonchev–Trinajstić information content (AvgIpc) is 2.74. The third-order valence-corrected chi connectivity index (χ3v) is 5.47. The van der Waals surface area contributed by atoms with Gasteiger partial charge in [0, 0.05) is 18.7 Å². The van der Waals surface area contributed by atoms with Crippen molar-refractivity contribution < 1.29 is 19.1 Å². The normalized spacial score (nSPS) is 19.3. The van der Waals surface area contributed by atoms with Gasteiger partial charge in [0.2, 0.25) is 12.0 Å². The Balaban J connectivity index is 1.29. The Morgan fingerprint density at radius 1 is 1.00 bits per heavy atom. The van der Waals surface area contributed by atoms with Gasteiger partial charge in [-0.15, -0.1) is 0 Å². The third kappa shape index (κ3) is 3.96. The summed E-state index contributed by atoms with van der Waals surface area (Å²) >= 11 is 0. The maximum atomic E-state index is 12.8. The second kappa shape index (κ2) is 7.92. The van der Waals surface area contributed by atoms with Crippen LogP contribution < -0.4 is 15.2 Å². The second-order valence-electron chi connectivity index (χ2n) is 7.40. The lowest BCUT2D eigenvalue weighted by Crippen LogP contribution is -2.49. The molecule has 0 radical (unpaired) electrons. The van der Waals surface area contributed by atoms with Gasteiger partial charge in [0.1, 0.15) is 6.61 Å². The quantitative estimate of drug-likeness (QED) is 0.883. The Hall–Kier alpha value is -3.02. The van der Waals surface area contributed by atoms with Crippen molar-refractivity contribution in [2.45, 2.75) is 25.4 Å². The molecular formula is C22H24N2O4. The molecule has 2 N–H and O–H groups in total. The maximum Gasteiger partial charge on any atom is 0.267 e. The number of benzene rings is 2. The van der Waals surface area contributed by atoms with Gasteiger partial charge in [0.05, 0.1) is 0 Å². The smallest absolute Gasteiger partial charge is 0.267 e. The van der Waals surface area contributed by atoms with Gasteiger partial charge in [0.15, 0.2) is 11.5 Å². The Morgan fingerprint density at radius 2 is 1.68 bits per heavy atom. The molecule has 0 aromatic heterocycles. The van der Waals surface area contributed by atoms with E-state index in [1.807, 2.05) is 41.3 Å². The van der Waals surface area contributed by atoms with Crippen molar-refractivity contribution in [2.75, 3.05) is 19.7 Å². The summed E-state index contributed by atoms with van der Waals surface area (Å²) in [5, 5.41) is 0. The number of fused-ring (bicyclic) bond motifs is 1. The highest BCUT2D eigenvalue weighted by molar-refractivity contribution is 5.92. The molecule has 0 bridgehead atoms. The number of hydrogen-bond donors (Lipinski definition) is 1. The van der Waals surface area contributed by atoms with Crippen LogP contribution in [0.2, 0.25) is 0 Å². The van der Waals surface area contributed by atoms with E-state index < -0.39 is 12.0 Å². The van der Waals surface area contributed by atoms with Crippen molar-refractivity contribution in [1.29, 1.82) is 0 Å². The molecule has 0 aliphatic carbocycles. The SMILES string of the molecule is NC(=O)c1ccc(CC2CCN(C(=O)C3COc4ccccc4O3)CC2)cc1. The number of para-hydroxylation sites is 2. The summed E-state index contributed by atoms with van der Waals surface area (Å²) in [6, 6.07) is 14.9. The van der Waals surface area contributed by atoms with Gasteiger partial charge in [-0.1, -0.05) is 24.3 Å². The molecule has 0 spiro atoms. The van der Waals surface area contributed by atoms with Crippen molar-refractivity contribution in [3.8, 4) is 11.5 Å². The molecule has 2 heterocycles. The van der Waals surface area contributed by atoms with Crippen LogP contribution in [0, 0.1) is 5.92 Å². The number of hydrogen-bond acceptors (Lipinski definition) is 4. The number of carbonyl (C=O) groups is 2. The van der Waals surface area contributed by atoms with E-state index in [0.717, 1.165) is 32.4 Å². The fraction of sp³-hybridized carbons (Fsp3) is 0.364. The molecular weight excluding hydrogens is 356 g/mol. The molecule has 2 aromatic rings. The Labute approximate surface area is 164 Å². The molecule has 2 aliphatic heterocycles. The first-order valence-electron chi connectivity index (χ1n) is 9.66. The van der Waals surface area contributed by atoms with E-state index in [4.69, 9.17) is 15.2 Å². The van der Waals surface area contributed by atoms with Crippen LogP contribution in [0.3, 0.4) is 0 Å². The van der Waals surface area contributed by atoms with Crippen LogP contribution in [-0.4, -0.2) is 42.5 Å². The molecule has 6 heteroatoms. The molecule has 2 aliphatic rings. The molecule has 6 nitrogen and oxygen atoms in total. The van der Waals surface area contributed by atoms with E-state index in [0.29, 0.717) is 23.0 Å². The lowest BCUT2D eigenvalue weighted by Gasteiger charge is -2.35. The first kappa shape index (κ1) is 18.3. The summed E-state index contributed by atoms with van der Waals surface area (Å²) in [4.78, 5) is 25.9. The monoisotopic (exact) mass is 380 g/mol. The second-order valence-corrected chi connectivity index (χ2v) is 7.40. The van der Waals surface area contributed by atoms with Crippen molar-refractivity contribution in [1.82, 2.24) is 4.90 Å². The van der Waals surface area contributed by atoms with Crippen LogP contribution in [0.5, 0.6) is 11.5 Å². The minimum atomic E-state index is -0.576. The zero-order valence-electron chi connectivity index (χ0n) is 15.7. The van der Waals surface area contributed by atoms with Gasteiger partial charge in [-0.05, 0) is 55.0 Å². The molecule has 1 atom stereocenters. The number of ether oxygens (including phenoxy) is 2. The molecule has 4 rings (SSSR count). The zero-order chi connectivity index (χ0) is 19.5. The Morgan fingerprint density at radius 3 is 2.36 bits per heavy atom. The van der Waals surface area contributed by atoms with Gasteiger partial charge in [0.25, 0.3) is 5.91 Å². The van der Waals surface area contributed by atoms with Gasteiger partial charge >= 0.3 is 0 Å². The van der Waals surface area contributed by atoms with Gasteiger partial charge in [-0.2, -0.15) is 0 Å². The molecule has 28 heavy (non-hydrogen) atoms. The maximum absolute atomic E-state index is 12.8. The van der Waals surface area contributed by atoms with E-state index in [2.05, 4.69) is 0 Å². The molecule has 146 valence electrons. The van der Waals surface area contributed by atoms with Gasteiger partial charge in [-0.25, -0.2) is 0 Å². The first-order valence-corrected chi connectivity index (χ1v) is 9.66. The Bertz CT molecular complexity index is 857. The van der Waals surface area contributed by atoms with Crippen LogP contribution in [0.25, 0.3) is 0 Å². The van der Waals surface area contributed by atoms with Gasteiger partial charge in [-0.3, -0.25) is 9.59 Å². The minimum absolute atomic E-state index is 0.00114. The summed E-state index contributed by atoms with van der Waals surface area (Å²) in [5.74, 6) is 1.43. The number of primary amides is 1. The third-order valence-electron chi connectivity index (χ3n) is 5.47.